The first-order valence-corrected chi connectivity index (χ1v) is 27.5. The van der Waals surface area contributed by atoms with E-state index in [2.05, 4.69) is 304 Å². The second-order valence-electron chi connectivity index (χ2n) is 21.0. The molecule has 0 atom stereocenters. The van der Waals surface area contributed by atoms with E-state index in [1.165, 1.54) is 33.4 Å². The first kappa shape index (κ1) is 48.2. The predicted octanol–water partition coefficient (Wildman–Crippen LogP) is 22.0. The number of anilines is 6. The molecule has 14 rings (SSSR count). The molecule has 80 heavy (non-hydrogen) atoms. The van der Waals surface area contributed by atoms with Crippen molar-refractivity contribution in [3.63, 3.8) is 0 Å². The van der Waals surface area contributed by atoms with E-state index >= 15 is 0 Å². The van der Waals surface area contributed by atoms with E-state index in [1.54, 1.807) is 0 Å². The van der Waals surface area contributed by atoms with Gasteiger partial charge in [-0.2, -0.15) is 0 Å². The number of hydrogen-bond acceptors (Lipinski definition) is 4. The summed E-state index contributed by atoms with van der Waals surface area (Å²) in [7, 11) is 0. The molecule has 0 bridgehead atoms. The molecule has 2 heterocycles. The molecule has 4 heteroatoms. The smallest absolute Gasteiger partial charge is 0.159 e. The van der Waals surface area contributed by atoms with Crippen LogP contribution < -0.4 is 9.80 Å². The molecule has 0 aliphatic carbocycles. The Balaban J connectivity index is 0.941. The SMILES string of the molecule is Cc1cc(N(c2ccccc2-c2ccccc2)c2cccc3c2oc2c(-c4ccccc4)cccc23)cc(C)c1-c1c(C)cc(N(c2ccccc2-c2ccccc2)c2cccc3c2oc2c(-c4ccccc4)cccc23)cc1C. The number of fused-ring (bicyclic) bond motifs is 6. The zero-order valence-corrected chi connectivity index (χ0v) is 45.1. The van der Waals surface area contributed by atoms with E-state index in [-0.39, 0.29) is 0 Å². The Morgan fingerprint density at radius 3 is 0.850 bits per heavy atom. The fourth-order valence-electron chi connectivity index (χ4n) is 12.5. The minimum atomic E-state index is 0.837. The standard InChI is InChI=1S/C76H56N2O2/c1-49-45-57(77(67-41-19-17-33-59(67)53-25-9-5-10-26-53)69-43-23-39-65-63-37-21-35-61(73(63)79-75(65)69)55-29-13-7-14-30-55)46-50(2)71(49)72-51(3)47-58(48-52(72)4)78(68-42-20-18-34-60(68)54-27-11-6-12-28-54)70-44-24-40-66-64-38-22-36-62(74(64)80-76(66)70)56-31-15-8-16-32-56/h5-48H,1-4H3. The monoisotopic (exact) mass is 1030 g/mol. The van der Waals surface area contributed by atoms with E-state index in [1.807, 2.05) is 0 Å². The van der Waals surface area contributed by atoms with Crippen LogP contribution in [0.3, 0.4) is 0 Å². The first-order chi connectivity index (χ1) is 39.4. The highest BCUT2D eigenvalue weighted by Gasteiger charge is 2.27. The maximum absolute atomic E-state index is 7.16. The van der Waals surface area contributed by atoms with Crippen LogP contribution in [-0.4, -0.2) is 0 Å². The molecular weight excluding hydrogens is 973 g/mol. The van der Waals surface area contributed by atoms with Gasteiger partial charge in [0.25, 0.3) is 0 Å². The lowest BCUT2D eigenvalue weighted by atomic mass is 9.88. The normalized spacial score (nSPS) is 11.5. The second-order valence-corrected chi connectivity index (χ2v) is 21.0. The van der Waals surface area contributed by atoms with Crippen molar-refractivity contribution in [2.45, 2.75) is 27.7 Å². The lowest BCUT2D eigenvalue weighted by Gasteiger charge is -2.30. The van der Waals surface area contributed by atoms with Gasteiger partial charge in [-0.15, -0.1) is 0 Å². The highest BCUT2D eigenvalue weighted by atomic mass is 16.3. The van der Waals surface area contributed by atoms with Gasteiger partial charge in [-0.25, -0.2) is 0 Å². The minimum absolute atomic E-state index is 0.837. The van der Waals surface area contributed by atoms with Gasteiger partial charge >= 0.3 is 0 Å². The molecule has 0 saturated carbocycles. The van der Waals surface area contributed by atoms with Crippen LogP contribution >= 0.6 is 0 Å². The van der Waals surface area contributed by atoms with Gasteiger partial charge in [0.1, 0.15) is 11.2 Å². The lowest BCUT2D eigenvalue weighted by Crippen LogP contribution is -2.13. The minimum Gasteiger partial charge on any atom is -0.453 e. The third-order valence-electron chi connectivity index (χ3n) is 15.9. The largest absolute Gasteiger partial charge is 0.453 e. The molecule has 12 aromatic carbocycles. The number of nitrogens with zero attached hydrogens (tertiary/aromatic N) is 2. The number of hydrogen-bond donors (Lipinski definition) is 0. The third-order valence-corrected chi connectivity index (χ3v) is 15.9. The van der Waals surface area contributed by atoms with Crippen LogP contribution in [0.1, 0.15) is 22.3 Å². The second kappa shape index (κ2) is 20.0. The molecular formula is C76H56N2O2. The highest BCUT2D eigenvalue weighted by Crippen LogP contribution is 2.51. The predicted molar refractivity (Wildman–Crippen MR) is 336 cm³/mol. The van der Waals surface area contributed by atoms with Gasteiger partial charge in [0, 0.05) is 55.2 Å². The Bertz CT molecular complexity index is 4290. The third kappa shape index (κ3) is 8.24. The van der Waals surface area contributed by atoms with Gasteiger partial charge in [-0.3, -0.25) is 0 Å². The zero-order chi connectivity index (χ0) is 53.8. The van der Waals surface area contributed by atoms with Crippen LogP contribution in [0, 0.1) is 27.7 Å². The van der Waals surface area contributed by atoms with E-state index < -0.39 is 0 Å². The van der Waals surface area contributed by atoms with Crippen molar-refractivity contribution in [2.24, 2.45) is 0 Å². The molecule has 0 unspecified atom stereocenters. The highest BCUT2D eigenvalue weighted by molar-refractivity contribution is 6.15. The van der Waals surface area contributed by atoms with E-state index in [0.29, 0.717) is 0 Å². The summed E-state index contributed by atoms with van der Waals surface area (Å²) in [5.74, 6) is 0. The Morgan fingerprint density at radius 1 is 0.237 bits per heavy atom. The first-order valence-electron chi connectivity index (χ1n) is 27.5. The summed E-state index contributed by atoms with van der Waals surface area (Å²) in [6.45, 7) is 9.06. The zero-order valence-electron chi connectivity index (χ0n) is 45.1. The fourth-order valence-corrected chi connectivity index (χ4v) is 12.5. The Morgan fingerprint density at radius 2 is 0.500 bits per heavy atom. The number of para-hydroxylation sites is 6. The topological polar surface area (TPSA) is 32.8 Å². The summed E-state index contributed by atoms with van der Waals surface area (Å²) in [5.41, 5.74) is 25.7. The summed E-state index contributed by atoms with van der Waals surface area (Å²) >= 11 is 0. The van der Waals surface area contributed by atoms with Crippen LogP contribution in [0.2, 0.25) is 0 Å². The maximum atomic E-state index is 7.16. The van der Waals surface area contributed by atoms with Gasteiger partial charge in [0.15, 0.2) is 11.2 Å². The van der Waals surface area contributed by atoms with Crippen LogP contribution in [0.5, 0.6) is 0 Å². The molecule has 0 aliphatic heterocycles. The van der Waals surface area contributed by atoms with Gasteiger partial charge in [0.2, 0.25) is 0 Å². The van der Waals surface area contributed by atoms with Gasteiger partial charge in [-0.05, 0) is 132 Å². The fraction of sp³-hybridized carbons (Fsp3) is 0.0526. The summed E-state index contributed by atoms with van der Waals surface area (Å²) < 4.78 is 14.3. The lowest BCUT2D eigenvalue weighted by molar-refractivity contribution is 0.670. The van der Waals surface area contributed by atoms with Crippen molar-refractivity contribution in [3.8, 4) is 55.6 Å². The van der Waals surface area contributed by atoms with Crippen LogP contribution in [0.4, 0.5) is 34.1 Å². The average molecular weight is 1030 g/mol. The van der Waals surface area contributed by atoms with Crippen molar-refractivity contribution < 1.29 is 8.83 Å². The quantitative estimate of drug-likeness (QED) is 0.129. The Kier molecular flexibility index (Phi) is 12.1. The van der Waals surface area contributed by atoms with Crippen molar-refractivity contribution in [1.82, 2.24) is 0 Å². The van der Waals surface area contributed by atoms with Crippen molar-refractivity contribution in [2.75, 3.05) is 9.80 Å². The van der Waals surface area contributed by atoms with Crippen molar-refractivity contribution in [3.05, 3.63) is 289 Å². The molecule has 0 aliphatic rings. The molecule has 0 fully saturated rings. The molecule has 0 spiro atoms. The molecule has 0 amide bonds. The summed E-state index contributed by atoms with van der Waals surface area (Å²) in [4.78, 5) is 4.82. The van der Waals surface area contributed by atoms with Crippen molar-refractivity contribution in [1.29, 1.82) is 0 Å². The number of furan rings is 2. The molecule has 14 aromatic rings. The molecule has 4 nitrogen and oxygen atoms in total. The summed E-state index contributed by atoms with van der Waals surface area (Å²) in [6.07, 6.45) is 0. The van der Waals surface area contributed by atoms with Crippen molar-refractivity contribution >= 4 is 78.0 Å². The molecule has 0 radical (unpaired) electrons. The maximum Gasteiger partial charge on any atom is 0.159 e. The molecule has 0 saturated heterocycles. The van der Waals surface area contributed by atoms with Gasteiger partial charge in [0.05, 0.1) is 22.7 Å². The Labute approximate surface area is 466 Å². The Hall–Kier alpha value is -10.2. The van der Waals surface area contributed by atoms with Gasteiger partial charge in [-0.1, -0.05) is 218 Å². The average Bonchev–Trinajstić information content (AvgIpc) is 4.21. The van der Waals surface area contributed by atoms with E-state index in [4.69, 9.17) is 8.83 Å². The molecule has 2 aromatic heterocycles. The van der Waals surface area contributed by atoms with Crippen LogP contribution in [0.25, 0.3) is 99.5 Å². The van der Waals surface area contributed by atoms with E-state index in [9.17, 15) is 0 Å². The number of aryl methyl sites for hydroxylation is 4. The summed E-state index contributed by atoms with van der Waals surface area (Å²) in [5, 5.41) is 4.32. The van der Waals surface area contributed by atoms with Crippen LogP contribution in [-0.2, 0) is 0 Å². The number of rotatable bonds is 11. The van der Waals surface area contributed by atoms with Gasteiger partial charge < -0.3 is 18.6 Å². The summed E-state index contributed by atoms with van der Waals surface area (Å²) in [6, 6.07) is 95.5. The molecule has 0 N–H and O–H groups in total. The number of benzene rings is 12. The van der Waals surface area contributed by atoms with Crippen LogP contribution in [0.15, 0.2) is 276 Å². The molecule has 382 valence electrons. The van der Waals surface area contributed by atoms with E-state index in [0.717, 1.165) is 123 Å².